The summed E-state index contributed by atoms with van der Waals surface area (Å²) >= 11 is 0.864. The Bertz CT molecular complexity index is 2240. The maximum Gasteiger partial charge on any atom is 0.268 e. The lowest BCUT2D eigenvalue weighted by atomic mass is 9.73. The summed E-state index contributed by atoms with van der Waals surface area (Å²) < 4.78 is 49.9. The van der Waals surface area contributed by atoms with Crippen LogP contribution in [0.15, 0.2) is 79.0 Å². The summed E-state index contributed by atoms with van der Waals surface area (Å²) in [6.45, 7) is 5.16. The van der Waals surface area contributed by atoms with Crippen molar-refractivity contribution in [2.45, 2.75) is 26.2 Å². The van der Waals surface area contributed by atoms with E-state index in [-0.39, 0.29) is 40.6 Å². The molecule has 0 bridgehead atoms. The number of hydrogen-bond donors (Lipinski definition) is 2. The number of thiophene rings is 1. The van der Waals surface area contributed by atoms with Gasteiger partial charge >= 0.3 is 0 Å². The van der Waals surface area contributed by atoms with E-state index < -0.39 is 29.0 Å². The van der Waals surface area contributed by atoms with Gasteiger partial charge in [0.15, 0.2) is 5.82 Å². The van der Waals surface area contributed by atoms with Crippen LogP contribution in [0.1, 0.15) is 54.4 Å². The molecule has 5 heterocycles. The Morgan fingerprint density at radius 2 is 1.60 bits per heavy atom. The smallest absolute Gasteiger partial charge is 0.268 e. The molecule has 53 heavy (non-hydrogen) atoms. The summed E-state index contributed by atoms with van der Waals surface area (Å²) in [4.78, 5) is 49.1. The number of nitrogens with one attached hydrogen (secondary N) is 2. The number of carbonyl (C=O) groups is 3. The van der Waals surface area contributed by atoms with E-state index in [4.69, 9.17) is 4.74 Å². The van der Waals surface area contributed by atoms with Gasteiger partial charge in [-0.3, -0.25) is 14.4 Å². The Kier molecular flexibility index (Phi) is 8.99. The van der Waals surface area contributed by atoms with Crippen LogP contribution in [0.3, 0.4) is 0 Å². The van der Waals surface area contributed by atoms with Crippen LogP contribution in [0.25, 0.3) is 10.4 Å². The second-order valence-corrected chi connectivity index (χ2v) is 14.7. The SMILES string of the molecule is Cc1cnc(N2CC3(CCOCC3)C2)c(C(=O)Nc2ccc(C(=O)N3CCc4c(sc(C(=O)Nc5c(F)cccc5F)c4F)-c4ccccc43)cc2)c1. The Balaban J connectivity index is 0.991. The fourth-order valence-electron chi connectivity index (χ4n) is 7.34. The molecule has 13 heteroatoms. The van der Waals surface area contributed by atoms with Crippen LogP contribution in [0, 0.1) is 29.8 Å². The lowest BCUT2D eigenvalue weighted by Crippen LogP contribution is -2.59. The number of aromatic nitrogens is 1. The Hall–Kier alpha value is -5.53. The molecular formula is C40H34F3N5O4S. The van der Waals surface area contributed by atoms with Crippen LogP contribution < -0.4 is 20.4 Å². The molecule has 2 aromatic heterocycles. The lowest BCUT2D eigenvalue weighted by molar-refractivity contribution is -0.000511. The van der Waals surface area contributed by atoms with Crippen molar-refractivity contribution in [2.75, 3.05) is 53.3 Å². The monoisotopic (exact) mass is 737 g/mol. The molecule has 0 aliphatic carbocycles. The summed E-state index contributed by atoms with van der Waals surface area (Å²) in [5.41, 5.74) is 3.07. The summed E-state index contributed by atoms with van der Waals surface area (Å²) in [6, 6.07) is 18.6. The number of fused-ring (bicyclic) bond motifs is 3. The van der Waals surface area contributed by atoms with Crippen LogP contribution in [0.2, 0.25) is 0 Å². The zero-order valence-corrected chi connectivity index (χ0v) is 29.5. The van der Waals surface area contributed by atoms with Crippen molar-refractivity contribution in [2.24, 2.45) is 5.41 Å². The molecule has 5 aromatic rings. The van der Waals surface area contributed by atoms with Crippen molar-refractivity contribution < 1.29 is 32.3 Å². The van der Waals surface area contributed by atoms with Gasteiger partial charge in [0.25, 0.3) is 17.7 Å². The zero-order valence-electron chi connectivity index (χ0n) is 28.7. The third-order valence-electron chi connectivity index (χ3n) is 10.2. The van der Waals surface area contributed by atoms with Crippen LogP contribution in [0.4, 0.5) is 36.1 Å². The Morgan fingerprint density at radius 3 is 2.34 bits per heavy atom. The van der Waals surface area contributed by atoms with Crippen LogP contribution >= 0.6 is 11.3 Å². The number of amides is 3. The van der Waals surface area contributed by atoms with Crippen molar-refractivity contribution in [1.29, 1.82) is 0 Å². The van der Waals surface area contributed by atoms with Gasteiger partial charge in [-0.1, -0.05) is 24.3 Å². The second kappa shape index (κ2) is 13.8. The van der Waals surface area contributed by atoms with Gasteiger partial charge in [-0.15, -0.1) is 11.3 Å². The third kappa shape index (κ3) is 6.44. The van der Waals surface area contributed by atoms with Gasteiger partial charge in [0, 0.05) is 71.7 Å². The first kappa shape index (κ1) is 34.6. The highest BCUT2D eigenvalue weighted by Crippen LogP contribution is 2.45. The largest absolute Gasteiger partial charge is 0.381 e. The molecule has 0 atom stereocenters. The van der Waals surface area contributed by atoms with Crippen molar-refractivity contribution in [1.82, 2.24) is 4.98 Å². The fourth-order valence-corrected chi connectivity index (χ4v) is 8.50. The molecule has 3 aromatic carbocycles. The van der Waals surface area contributed by atoms with Gasteiger partial charge < -0.3 is 25.2 Å². The maximum absolute atomic E-state index is 15.9. The number of para-hydroxylation sites is 2. The highest BCUT2D eigenvalue weighted by atomic mass is 32.1. The van der Waals surface area contributed by atoms with E-state index in [9.17, 15) is 23.2 Å². The van der Waals surface area contributed by atoms with E-state index in [1.54, 1.807) is 59.6 Å². The second-order valence-electron chi connectivity index (χ2n) is 13.7. The van der Waals surface area contributed by atoms with Gasteiger partial charge in [-0.25, -0.2) is 18.2 Å². The zero-order chi connectivity index (χ0) is 36.9. The first-order chi connectivity index (χ1) is 25.6. The first-order valence-corrected chi connectivity index (χ1v) is 18.1. The summed E-state index contributed by atoms with van der Waals surface area (Å²) in [6.07, 6.45) is 3.85. The van der Waals surface area contributed by atoms with E-state index in [1.165, 1.54) is 6.07 Å². The number of halogens is 3. The normalized spacial score (nSPS) is 15.9. The summed E-state index contributed by atoms with van der Waals surface area (Å²) in [7, 11) is 0. The molecular weight excluding hydrogens is 704 g/mol. The molecule has 3 aliphatic rings. The minimum Gasteiger partial charge on any atom is -0.381 e. The number of carbonyl (C=O) groups excluding carboxylic acids is 3. The molecule has 8 rings (SSSR count). The van der Waals surface area contributed by atoms with E-state index in [1.807, 2.05) is 13.0 Å². The molecule has 1 spiro atoms. The van der Waals surface area contributed by atoms with Crippen LogP contribution in [-0.4, -0.2) is 55.6 Å². The highest BCUT2D eigenvalue weighted by Gasteiger charge is 2.45. The summed E-state index contributed by atoms with van der Waals surface area (Å²) in [5, 5.41) is 5.12. The van der Waals surface area contributed by atoms with Gasteiger partial charge in [0.05, 0.1) is 11.3 Å². The van der Waals surface area contributed by atoms with E-state index in [0.29, 0.717) is 38.8 Å². The van der Waals surface area contributed by atoms with Gasteiger partial charge in [0.1, 0.15) is 28.0 Å². The fraction of sp³-hybridized carbons (Fsp3) is 0.250. The highest BCUT2D eigenvalue weighted by molar-refractivity contribution is 7.17. The lowest BCUT2D eigenvalue weighted by Gasteiger charge is -2.53. The van der Waals surface area contributed by atoms with Gasteiger partial charge in [-0.05, 0) is 80.3 Å². The Labute approximate surface area is 307 Å². The minimum atomic E-state index is -0.977. The van der Waals surface area contributed by atoms with Crippen molar-refractivity contribution in [3.63, 3.8) is 0 Å². The molecule has 2 saturated heterocycles. The molecule has 0 radical (unpaired) electrons. The molecule has 3 amide bonds. The van der Waals surface area contributed by atoms with Crippen LogP contribution in [0.5, 0.6) is 0 Å². The number of nitrogens with zero attached hydrogens (tertiary/aromatic N) is 3. The average molecular weight is 738 g/mol. The third-order valence-corrected chi connectivity index (χ3v) is 11.4. The molecule has 2 fully saturated rings. The molecule has 0 unspecified atom stereocenters. The standard InChI is InChI=1S/C40H34F3N5O4S/c1-23-19-28(36(44-20-23)47-21-40(22-47)14-17-52-18-15-40)37(49)45-25-11-9-24(10-12-25)39(51)48-16-13-27-32(43)35(53-34(27)26-5-2-3-8-31(26)48)38(50)46-33-29(41)6-4-7-30(33)42/h2-12,19-20H,13-18,21-22H2,1H3,(H,45,49)(H,46,50). The van der Waals surface area contributed by atoms with Crippen molar-refractivity contribution in [3.8, 4) is 10.4 Å². The van der Waals surface area contributed by atoms with E-state index in [2.05, 4.69) is 20.5 Å². The Morgan fingerprint density at radius 1 is 0.887 bits per heavy atom. The van der Waals surface area contributed by atoms with Crippen LogP contribution in [-0.2, 0) is 11.2 Å². The number of ether oxygens (including phenoxy) is 1. The number of benzene rings is 3. The van der Waals surface area contributed by atoms with Gasteiger partial charge in [0.2, 0.25) is 0 Å². The number of aryl methyl sites for hydroxylation is 1. The quantitative estimate of drug-likeness (QED) is 0.184. The average Bonchev–Trinajstić information content (AvgIpc) is 3.38. The van der Waals surface area contributed by atoms with Gasteiger partial charge in [-0.2, -0.15) is 0 Å². The number of hydrogen-bond acceptors (Lipinski definition) is 7. The minimum absolute atomic E-state index is 0.0896. The molecule has 3 aliphatic heterocycles. The number of pyridine rings is 1. The van der Waals surface area contributed by atoms with Crippen molar-refractivity contribution in [3.05, 3.63) is 124 Å². The maximum atomic E-state index is 15.9. The molecule has 0 saturated carbocycles. The molecule has 270 valence electrons. The van der Waals surface area contributed by atoms with Crippen molar-refractivity contribution >= 4 is 51.9 Å². The first-order valence-electron chi connectivity index (χ1n) is 17.3. The number of anilines is 4. The number of rotatable bonds is 6. The molecule has 2 N–H and O–H groups in total. The predicted molar refractivity (Wildman–Crippen MR) is 197 cm³/mol. The molecule has 9 nitrogen and oxygen atoms in total. The van der Waals surface area contributed by atoms with E-state index >= 15 is 4.39 Å². The summed E-state index contributed by atoms with van der Waals surface area (Å²) in [5.74, 6) is -3.71. The van der Waals surface area contributed by atoms with E-state index in [0.717, 1.165) is 68.2 Å². The predicted octanol–water partition coefficient (Wildman–Crippen LogP) is 7.86. The topological polar surface area (TPSA) is 104 Å².